The standard InChI is InChI=1S/C23H28N6O2/c1-16-4-6-19(7-5-16)27-17(2)21(8-11-24-3)29-22(30)18-14-25-23(26-15-18)28-20-9-12-31-13-10-20/h4-8,11,14-15,20,27H,3,9-10,12-13H2,1-2H3,(H,29,30)(H,25,26,28)/b11-8-,21-17-. The summed E-state index contributed by atoms with van der Waals surface area (Å²) in [6.45, 7) is 8.82. The van der Waals surface area contributed by atoms with E-state index < -0.39 is 0 Å². The van der Waals surface area contributed by atoms with E-state index in [4.69, 9.17) is 4.74 Å². The molecule has 3 rings (SSSR count). The molecule has 0 spiro atoms. The molecule has 8 nitrogen and oxygen atoms in total. The summed E-state index contributed by atoms with van der Waals surface area (Å²) in [5.74, 6) is 0.193. The molecule has 1 aliphatic heterocycles. The smallest absolute Gasteiger partial charge is 0.258 e. The molecule has 0 aliphatic carbocycles. The third-order valence-corrected chi connectivity index (χ3v) is 4.85. The Morgan fingerprint density at radius 1 is 1.19 bits per heavy atom. The number of amides is 1. The number of anilines is 2. The predicted octanol–water partition coefficient (Wildman–Crippen LogP) is 3.66. The van der Waals surface area contributed by atoms with E-state index in [-0.39, 0.29) is 11.9 Å². The largest absolute Gasteiger partial charge is 0.381 e. The van der Waals surface area contributed by atoms with Crippen LogP contribution in [0.2, 0.25) is 0 Å². The normalized spacial score (nSPS) is 15.3. The molecule has 2 heterocycles. The second-order valence-corrected chi connectivity index (χ2v) is 7.31. The van der Waals surface area contributed by atoms with Crippen LogP contribution in [0.1, 0.15) is 35.7 Å². The monoisotopic (exact) mass is 420 g/mol. The Balaban J connectivity index is 1.68. The van der Waals surface area contributed by atoms with Crippen LogP contribution in [0.3, 0.4) is 0 Å². The minimum Gasteiger partial charge on any atom is -0.381 e. The lowest BCUT2D eigenvalue weighted by molar-refractivity contribution is 0.0903. The summed E-state index contributed by atoms with van der Waals surface area (Å²) in [6, 6.07) is 8.28. The van der Waals surface area contributed by atoms with Gasteiger partial charge in [-0.2, -0.15) is 0 Å². The number of hydrogen-bond acceptors (Lipinski definition) is 7. The molecule has 1 saturated heterocycles. The maximum atomic E-state index is 12.8. The Bertz CT molecular complexity index is 945. The highest BCUT2D eigenvalue weighted by Gasteiger charge is 2.15. The van der Waals surface area contributed by atoms with Crippen molar-refractivity contribution in [2.24, 2.45) is 4.99 Å². The van der Waals surface area contributed by atoms with Gasteiger partial charge in [0.15, 0.2) is 0 Å². The summed E-state index contributed by atoms with van der Waals surface area (Å²) in [4.78, 5) is 25.1. The van der Waals surface area contributed by atoms with E-state index in [9.17, 15) is 4.79 Å². The van der Waals surface area contributed by atoms with Crippen molar-refractivity contribution in [2.75, 3.05) is 23.8 Å². The van der Waals surface area contributed by atoms with Crippen molar-refractivity contribution in [1.29, 1.82) is 0 Å². The number of carbonyl (C=O) groups is 1. The molecule has 1 aromatic carbocycles. The number of ether oxygens (including phenoxy) is 1. The van der Waals surface area contributed by atoms with Crippen LogP contribution in [0.4, 0.5) is 11.6 Å². The van der Waals surface area contributed by atoms with E-state index in [1.165, 1.54) is 24.2 Å². The van der Waals surface area contributed by atoms with E-state index in [0.29, 0.717) is 17.2 Å². The lowest BCUT2D eigenvalue weighted by Gasteiger charge is -2.22. The molecule has 162 valence electrons. The Kier molecular flexibility index (Phi) is 7.89. The summed E-state index contributed by atoms with van der Waals surface area (Å²) >= 11 is 0. The van der Waals surface area contributed by atoms with Gasteiger partial charge >= 0.3 is 0 Å². The fourth-order valence-electron chi connectivity index (χ4n) is 3.05. The number of aliphatic imine (C=N–C) groups is 1. The van der Waals surface area contributed by atoms with E-state index in [1.54, 1.807) is 6.08 Å². The fraction of sp³-hybridized carbons (Fsp3) is 0.304. The van der Waals surface area contributed by atoms with Crippen LogP contribution < -0.4 is 16.0 Å². The highest BCUT2D eigenvalue weighted by atomic mass is 16.5. The van der Waals surface area contributed by atoms with Gasteiger partial charge in [-0.1, -0.05) is 17.7 Å². The molecule has 1 aliphatic rings. The van der Waals surface area contributed by atoms with Crippen LogP contribution in [0, 0.1) is 6.92 Å². The molecule has 8 heteroatoms. The second-order valence-electron chi connectivity index (χ2n) is 7.31. The molecular formula is C23H28N6O2. The van der Waals surface area contributed by atoms with Gasteiger partial charge < -0.3 is 20.7 Å². The number of nitrogens with zero attached hydrogens (tertiary/aromatic N) is 3. The first-order valence-electron chi connectivity index (χ1n) is 10.2. The quantitative estimate of drug-likeness (QED) is 0.445. The van der Waals surface area contributed by atoms with Crippen molar-refractivity contribution in [1.82, 2.24) is 15.3 Å². The Labute approximate surface area is 182 Å². The molecule has 1 aromatic heterocycles. The summed E-state index contributed by atoms with van der Waals surface area (Å²) < 4.78 is 5.36. The molecule has 0 atom stereocenters. The first-order chi connectivity index (χ1) is 15.0. The van der Waals surface area contributed by atoms with Crippen molar-refractivity contribution in [3.63, 3.8) is 0 Å². The highest BCUT2D eigenvalue weighted by molar-refractivity contribution is 5.95. The first-order valence-corrected chi connectivity index (χ1v) is 10.2. The van der Waals surface area contributed by atoms with E-state index in [0.717, 1.165) is 37.4 Å². The summed E-state index contributed by atoms with van der Waals surface area (Å²) in [5, 5.41) is 9.46. The van der Waals surface area contributed by atoms with Crippen molar-refractivity contribution in [2.45, 2.75) is 32.7 Å². The van der Waals surface area contributed by atoms with E-state index in [2.05, 4.69) is 37.6 Å². The molecule has 2 aromatic rings. The van der Waals surface area contributed by atoms with Crippen molar-refractivity contribution < 1.29 is 9.53 Å². The minimum absolute atomic E-state index is 0.287. The zero-order valence-corrected chi connectivity index (χ0v) is 17.9. The average Bonchev–Trinajstić information content (AvgIpc) is 2.79. The lowest BCUT2D eigenvalue weighted by atomic mass is 10.1. The molecule has 0 radical (unpaired) electrons. The van der Waals surface area contributed by atoms with Crippen molar-refractivity contribution in [3.8, 4) is 0 Å². The SMILES string of the molecule is C=N/C=C\C(NC(=O)c1cnc(NC2CCOCC2)nc1)=C(/C)Nc1ccc(C)cc1. The number of rotatable bonds is 8. The van der Waals surface area contributed by atoms with Crippen molar-refractivity contribution >= 4 is 24.3 Å². The third kappa shape index (κ3) is 6.75. The summed E-state index contributed by atoms with van der Waals surface area (Å²) in [5.41, 5.74) is 3.78. The maximum Gasteiger partial charge on any atom is 0.258 e. The number of benzene rings is 1. The second kappa shape index (κ2) is 11.0. The van der Waals surface area contributed by atoms with E-state index in [1.807, 2.05) is 38.1 Å². The minimum atomic E-state index is -0.314. The van der Waals surface area contributed by atoms with Crippen LogP contribution in [-0.4, -0.2) is 41.8 Å². The number of nitrogens with one attached hydrogen (secondary N) is 3. The molecule has 0 saturated carbocycles. The molecular weight excluding hydrogens is 392 g/mol. The van der Waals surface area contributed by atoms with Gasteiger partial charge in [-0.25, -0.2) is 9.97 Å². The maximum absolute atomic E-state index is 12.8. The predicted molar refractivity (Wildman–Crippen MR) is 123 cm³/mol. The van der Waals surface area contributed by atoms with Gasteiger partial charge in [0.25, 0.3) is 5.91 Å². The molecule has 0 unspecified atom stereocenters. The topological polar surface area (TPSA) is 101 Å². The van der Waals surface area contributed by atoms with E-state index >= 15 is 0 Å². The number of aromatic nitrogens is 2. The van der Waals surface area contributed by atoms with Gasteiger partial charge in [0.05, 0.1) is 11.3 Å². The van der Waals surface area contributed by atoms with Crippen LogP contribution >= 0.6 is 0 Å². The van der Waals surface area contributed by atoms with Crippen LogP contribution in [0.15, 0.2) is 65.3 Å². The molecule has 3 N–H and O–H groups in total. The van der Waals surface area contributed by atoms with Gasteiger partial charge in [-0.3, -0.25) is 9.79 Å². The molecule has 0 bridgehead atoms. The zero-order valence-electron chi connectivity index (χ0n) is 17.9. The van der Waals surface area contributed by atoms with Gasteiger partial charge in [0.1, 0.15) is 0 Å². The zero-order chi connectivity index (χ0) is 22.1. The molecule has 1 amide bonds. The van der Waals surface area contributed by atoms with Crippen molar-refractivity contribution in [3.05, 3.63) is 71.5 Å². The van der Waals surface area contributed by atoms with Gasteiger partial charge in [0.2, 0.25) is 5.95 Å². The van der Waals surface area contributed by atoms with Gasteiger partial charge in [-0.05, 0) is 51.6 Å². The number of hydrogen-bond donors (Lipinski definition) is 3. The number of aryl methyl sites for hydroxylation is 1. The fourth-order valence-corrected chi connectivity index (χ4v) is 3.05. The Hall–Kier alpha value is -3.52. The molecule has 1 fully saturated rings. The van der Waals surface area contributed by atoms with Crippen LogP contribution in [-0.2, 0) is 4.74 Å². The van der Waals surface area contributed by atoms with Gasteiger partial charge in [0, 0.05) is 49.2 Å². The average molecular weight is 421 g/mol. The number of carbonyl (C=O) groups excluding carboxylic acids is 1. The Morgan fingerprint density at radius 3 is 2.52 bits per heavy atom. The first kappa shape index (κ1) is 22.2. The molecule has 31 heavy (non-hydrogen) atoms. The van der Waals surface area contributed by atoms with Crippen LogP contribution in [0.25, 0.3) is 0 Å². The number of allylic oxidation sites excluding steroid dienone is 2. The van der Waals surface area contributed by atoms with Gasteiger partial charge in [-0.15, -0.1) is 0 Å². The lowest BCUT2D eigenvalue weighted by Crippen LogP contribution is -2.29. The summed E-state index contributed by atoms with van der Waals surface area (Å²) in [6.07, 6.45) is 8.06. The van der Waals surface area contributed by atoms with Crippen LogP contribution in [0.5, 0.6) is 0 Å². The Morgan fingerprint density at radius 2 is 1.87 bits per heavy atom. The summed E-state index contributed by atoms with van der Waals surface area (Å²) in [7, 11) is 0. The highest BCUT2D eigenvalue weighted by Crippen LogP contribution is 2.15. The third-order valence-electron chi connectivity index (χ3n) is 4.85.